The number of ether oxygens (including phenoxy) is 3. The smallest absolute Gasteiger partial charge is 0.191 e. The van der Waals surface area contributed by atoms with Crippen LogP contribution in [0.5, 0.6) is 11.5 Å². The third-order valence-corrected chi connectivity index (χ3v) is 5.05. The lowest BCUT2D eigenvalue weighted by molar-refractivity contribution is 0.0468. The molecule has 0 bridgehead atoms. The number of nitrogens with one attached hydrogen (secondary N) is 2. The van der Waals surface area contributed by atoms with Crippen molar-refractivity contribution >= 4 is 29.9 Å². The lowest BCUT2D eigenvalue weighted by Gasteiger charge is -2.17. The first-order valence-corrected chi connectivity index (χ1v) is 10.3. The van der Waals surface area contributed by atoms with Gasteiger partial charge in [-0.05, 0) is 30.5 Å². The molecule has 1 fully saturated rings. The molecule has 1 aromatic carbocycles. The number of halogens is 1. The van der Waals surface area contributed by atoms with Crippen LogP contribution in [0.3, 0.4) is 0 Å². The van der Waals surface area contributed by atoms with E-state index in [1.165, 1.54) is 38.5 Å². The van der Waals surface area contributed by atoms with Gasteiger partial charge in [-0.25, -0.2) is 0 Å². The topological polar surface area (TPSA) is 64.1 Å². The number of hydrogen-bond donors (Lipinski definition) is 2. The lowest BCUT2D eigenvalue weighted by atomic mass is 10.1. The van der Waals surface area contributed by atoms with Crippen LogP contribution in [0.2, 0.25) is 0 Å². The van der Waals surface area contributed by atoms with Crippen LogP contribution < -0.4 is 20.1 Å². The van der Waals surface area contributed by atoms with Crippen LogP contribution in [0.1, 0.15) is 50.5 Å². The highest BCUT2D eigenvalue weighted by atomic mass is 127. The molecular weight excluding hydrogens is 469 g/mol. The minimum atomic E-state index is 0. The first kappa shape index (κ1) is 23.1. The van der Waals surface area contributed by atoms with Crippen LogP contribution in [-0.2, 0) is 11.3 Å². The monoisotopic (exact) mass is 503 g/mol. The maximum absolute atomic E-state index is 6.02. The van der Waals surface area contributed by atoms with E-state index in [1.807, 2.05) is 12.1 Å². The van der Waals surface area contributed by atoms with Gasteiger partial charge in [-0.3, -0.25) is 4.99 Å². The van der Waals surface area contributed by atoms with Gasteiger partial charge in [0.25, 0.3) is 0 Å². The highest BCUT2D eigenvalue weighted by Crippen LogP contribution is 2.30. The van der Waals surface area contributed by atoms with Crippen LogP contribution in [-0.4, -0.2) is 45.5 Å². The Labute approximate surface area is 185 Å². The predicted molar refractivity (Wildman–Crippen MR) is 123 cm³/mol. The highest BCUT2D eigenvalue weighted by Gasteiger charge is 2.13. The Balaban J connectivity index is 0.00000280. The second kappa shape index (κ2) is 13.1. The van der Waals surface area contributed by atoms with Gasteiger partial charge >= 0.3 is 0 Å². The number of guanidine groups is 1. The summed E-state index contributed by atoms with van der Waals surface area (Å²) in [7, 11) is 1.79. The van der Waals surface area contributed by atoms with E-state index in [2.05, 4.69) is 21.7 Å². The quantitative estimate of drug-likeness (QED) is 0.203. The van der Waals surface area contributed by atoms with Gasteiger partial charge in [0.15, 0.2) is 17.5 Å². The largest absolute Gasteiger partial charge is 0.490 e. The molecule has 7 heteroatoms. The Kier molecular flexibility index (Phi) is 10.8. The molecule has 6 nitrogen and oxygen atoms in total. The Morgan fingerprint density at radius 1 is 1.04 bits per heavy atom. The van der Waals surface area contributed by atoms with Crippen LogP contribution in [0, 0.1) is 0 Å². The highest BCUT2D eigenvalue weighted by molar-refractivity contribution is 14.0. The lowest BCUT2D eigenvalue weighted by Crippen LogP contribution is -2.38. The Morgan fingerprint density at radius 3 is 2.54 bits per heavy atom. The van der Waals surface area contributed by atoms with E-state index in [9.17, 15) is 0 Å². The summed E-state index contributed by atoms with van der Waals surface area (Å²) in [6.07, 6.45) is 9.08. The molecule has 2 aliphatic rings. The van der Waals surface area contributed by atoms with E-state index in [4.69, 9.17) is 14.2 Å². The molecule has 0 radical (unpaired) electrons. The molecule has 28 heavy (non-hydrogen) atoms. The summed E-state index contributed by atoms with van der Waals surface area (Å²) in [6, 6.07) is 6.08. The van der Waals surface area contributed by atoms with Crippen molar-refractivity contribution in [1.82, 2.24) is 10.6 Å². The first-order chi connectivity index (χ1) is 13.3. The Bertz CT molecular complexity index is 605. The fourth-order valence-electron chi connectivity index (χ4n) is 3.53. The van der Waals surface area contributed by atoms with Crippen molar-refractivity contribution < 1.29 is 14.2 Å². The predicted octanol–water partition coefficient (Wildman–Crippen LogP) is 3.87. The molecule has 1 aliphatic carbocycles. The van der Waals surface area contributed by atoms with Crippen LogP contribution >= 0.6 is 24.0 Å². The molecule has 0 spiro atoms. The average molecular weight is 503 g/mol. The van der Waals surface area contributed by atoms with E-state index in [0.29, 0.717) is 25.9 Å². The maximum atomic E-state index is 6.02. The number of aliphatic imine (C=N–C) groups is 1. The molecule has 0 atom stereocenters. The van der Waals surface area contributed by atoms with Gasteiger partial charge in [0, 0.05) is 26.6 Å². The van der Waals surface area contributed by atoms with Crippen molar-refractivity contribution in [3.8, 4) is 11.5 Å². The van der Waals surface area contributed by atoms with Crippen molar-refractivity contribution in [1.29, 1.82) is 0 Å². The molecule has 1 heterocycles. The van der Waals surface area contributed by atoms with Gasteiger partial charge in [0.2, 0.25) is 0 Å². The van der Waals surface area contributed by atoms with Crippen molar-refractivity contribution in [2.24, 2.45) is 4.99 Å². The average Bonchev–Trinajstić information content (AvgIpc) is 3.09. The molecule has 1 saturated carbocycles. The fourth-order valence-corrected chi connectivity index (χ4v) is 3.53. The van der Waals surface area contributed by atoms with Crippen molar-refractivity contribution in [3.05, 3.63) is 23.8 Å². The van der Waals surface area contributed by atoms with Gasteiger partial charge < -0.3 is 24.8 Å². The zero-order valence-electron chi connectivity index (χ0n) is 16.9. The summed E-state index contributed by atoms with van der Waals surface area (Å²) in [6.45, 7) is 3.57. The zero-order valence-corrected chi connectivity index (χ0v) is 19.2. The molecule has 2 N–H and O–H groups in total. The molecule has 0 saturated heterocycles. The van der Waals surface area contributed by atoms with Crippen molar-refractivity contribution in [2.45, 2.75) is 57.6 Å². The van der Waals surface area contributed by atoms with Crippen LogP contribution in [0.15, 0.2) is 23.2 Å². The van der Waals surface area contributed by atoms with E-state index in [1.54, 1.807) is 7.05 Å². The minimum Gasteiger partial charge on any atom is -0.490 e. The third kappa shape index (κ3) is 7.66. The summed E-state index contributed by atoms with van der Waals surface area (Å²) in [5.41, 5.74) is 1.14. The summed E-state index contributed by atoms with van der Waals surface area (Å²) in [5.74, 6) is 2.44. The second-order valence-electron chi connectivity index (χ2n) is 7.17. The summed E-state index contributed by atoms with van der Waals surface area (Å²) < 4.78 is 17.5. The SMILES string of the molecule is CN=C(NCCOC1CCCCCC1)NCc1ccc2c(c1)OCCCO2.I. The van der Waals surface area contributed by atoms with Crippen molar-refractivity contribution in [2.75, 3.05) is 33.4 Å². The number of rotatable bonds is 6. The molecule has 0 unspecified atom stereocenters. The molecular formula is C21H34IN3O3. The molecule has 1 aliphatic heterocycles. The maximum Gasteiger partial charge on any atom is 0.191 e. The van der Waals surface area contributed by atoms with E-state index in [-0.39, 0.29) is 24.0 Å². The fraction of sp³-hybridized carbons (Fsp3) is 0.667. The molecule has 0 amide bonds. The number of hydrogen-bond acceptors (Lipinski definition) is 4. The normalized spacial score (nSPS) is 17.8. The molecule has 158 valence electrons. The third-order valence-electron chi connectivity index (χ3n) is 5.05. The Morgan fingerprint density at radius 2 is 1.79 bits per heavy atom. The number of benzene rings is 1. The van der Waals surface area contributed by atoms with Gasteiger partial charge in [-0.15, -0.1) is 24.0 Å². The minimum absolute atomic E-state index is 0. The van der Waals surface area contributed by atoms with Gasteiger partial charge in [-0.2, -0.15) is 0 Å². The molecule has 0 aromatic heterocycles. The van der Waals surface area contributed by atoms with Crippen LogP contribution in [0.4, 0.5) is 0 Å². The zero-order chi connectivity index (χ0) is 18.7. The van der Waals surface area contributed by atoms with Crippen molar-refractivity contribution in [3.63, 3.8) is 0 Å². The van der Waals surface area contributed by atoms with Gasteiger partial charge in [0.1, 0.15) is 0 Å². The van der Waals surface area contributed by atoms with E-state index in [0.717, 1.165) is 42.6 Å². The summed E-state index contributed by atoms with van der Waals surface area (Å²) in [4.78, 5) is 4.29. The molecule has 3 rings (SSSR count). The second-order valence-corrected chi connectivity index (χ2v) is 7.17. The van der Waals surface area contributed by atoms with Crippen LogP contribution in [0.25, 0.3) is 0 Å². The van der Waals surface area contributed by atoms with E-state index >= 15 is 0 Å². The first-order valence-electron chi connectivity index (χ1n) is 10.3. The number of fused-ring (bicyclic) bond motifs is 1. The standard InChI is InChI=1S/C21H33N3O3.HI/c1-22-21(23-11-14-25-18-7-4-2-3-5-8-18)24-16-17-9-10-19-20(15-17)27-13-6-12-26-19;/h9-10,15,18H,2-8,11-14,16H2,1H3,(H2,22,23,24);1H. The van der Waals surface area contributed by atoms with Gasteiger partial charge in [0.05, 0.1) is 25.9 Å². The Hall–Kier alpha value is -1.22. The summed E-state index contributed by atoms with van der Waals surface area (Å²) >= 11 is 0. The van der Waals surface area contributed by atoms with E-state index < -0.39 is 0 Å². The number of nitrogens with zero attached hydrogens (tertiary/aromatic N) is 1. The van der Waals surface area contributed by atoms with Gasteiger partial charge in [-0.1, -0.05) is 31.7 Å². The molecule has 1 aromatic rings. The summed E-state index contributed by atoms with van der Waals surface area (Å²) in [5, 5.41) is 6.67.